The van der Waals surface area contributed by atoms with E-state index in [4.69, 9.17) is 0 Å². The van der Waals surface area contributed by atoms with Crippen LogP contribution in [-0.2, 0) is 0 Å². The molecule has 0 aliphatic heterocycles. The van der Waals surface area contributed by atoms with Crippen LogP contribution in [0.2, 0.25) is 0 Å². The van der Waals surface area contributed by atoms with E-state index in [2.05, 4.69) is 15.6 Å². The third kappa shape index (κ3) is 4.40. The molecule has 0 aliphatic carbocycles. The average Bonchev–Trinajstić information content (AvgIpc) is 2.34. The molecule has 0 unspecified atom stereocenters. The van der Waals surface area contributed by atoms with Gasteiger partial charge in [-0.05, 0) is 18.7 Å². The van der Waals surface area contributed by atoms with Gasteiger partial charge in [0.05, 0.1) is 5.56 Å². The van der Waals surface area contributed by atoms with Gasteiger partial charge >= 0.3 is 0 Å². The third-order valence-corrected chi connectivity index (χ3v) is 2.31. The van der Waals surface area contributed by atoms with Crippen LogP contribution in [0.5, 0.6) is 0 Å². The lowest BCUT2D eigenvalue weighted by Gasteiger charge is -2.11. The number of anilines is 1. The van der Waals surface area contributed by atoms with Gasteiger partial charge in [-0.1, -0.05) is 6.92 Å². The summed E-state index contributed by atoms with van der Waals surface area (Å²) in [7, 11) is 3.83. The van der Waals surface area contributed by atoms with Gasteiger partial charge in [0, 0.05) is 33.4 Å². The lowest BCUT2D eigenvalue weighted by molar-refractivity contribution is 0.0953. The Labute approximate surface area is 102 Å². The fraction of sp³-hybridized carbons (Fsp3) is 0.500. The second kappa shape index (κ2) is 6.85. The van der Waals surface area contributed by atoms with E-state index >= 15 is 0 Å². The molecule has 0 aromatic carbocycles. The molecule has 17 heavy (non-hydrogen) atoms. The molecule has 1 aromatic rings. The van der Waals surface area contributed by atoms with Crippen molar-refractivity contribution in [2.24, 2.45) is 0 Å². The monoisotopic (exact) mass is 236 g/mol. The molecule has 1 heterocycles. The molecule has 5 nitrogen and oxygen atoms in total. The maximum atomic E-state index is 11.7. The Kier molecular flexibility index (Phi) is 5.42. The Morgan fingerprint density at radius 1 is 1.35 bits per heavy atom. The topological polar surface area (TPSA) is 57.3 Å². The number of hydrogen-bond donors (Lipinski definition) is 2. The fourth-order valence-corrected chi connectivity index (χ4v) is 1.33. The van der Waals surface area contributed by atoms with Crippen LogP contribution in [0.15, 0.2) is 18.3 Å². The Morgan fingerprint density at radius 2 is 2.12 bits per heavy atom. The molecule has 2 N–H and O–H groups in total. The number of carbonyl (C=O) groups excluding carboxylic acids is 1. The van der Waals surface area contributed by atoms with Crippen molar-refractivity contribution in [3.05, 3.63) is 23.9 Å². The normalized spacial score (nSPS) is 10.1. The molecular formula is C12H20N4O. The molecule has 1 amide bonds. The highest BCUT2D eigenvalue weighted by molar-refractivity contribution is 5.94. The van der Waals surface area contributed by atoms with E-state index in [1.54, 1.807) is 12.3 Å². The van der Waals surface area contributed by atoms with Gasteiger partial charge in [0.1, 0.15) is 5.82 Å². The molecule has 1 rings (SSSR count). The van der Waals surface area contributed by atoms with Crippen molar-refractivity contribution in [1.29, 1.82) is 0 Å². The van der Waals surface area contributed by atoms with Crippen molar-refractivity contribution in [1.82, 2.24) is 15.6 Å². The first-order valence-electron chi connectivity index (χ1n) is 5.77. The van der Waals surface area contributed by atoms with E-state index in [0.717, 1.165) is 18.9 Å². The Morgan fingerprint density at radius 3 is 2.65 bits per heavy atom. The number of rotatable bonds is 6. The quantitative estimate of drug-likeness (QED) is 0.706. The molecule has 0 spiro atoms. The number of nitrogens with zero attached hydrogens (tertiary/aromatic N) is 2. The van der Waals surface area contributed by atoms with Crippen molar-refractivity contribution >= 4 is 11.7 Å². The first-order chi connectivity index (χ1) is 8.15. The van der Waals surface area contributed by atoms with Crippen LogP contribution >= 0.6 is 0 Å². The fourth-order valence-electron chi connectivity index (χ4n) is 1.33. The molecule has 1 aromatic heterocycles. The summed E-state index contributed by atoms with van der Waals surface area (Å²) in [6, 6.07) is 3.62. The van der Waals surface area contributed by atoms with Crippen molar-refractivity contribution in [3.8, 4) is 0 Å². The zero-order chi connectivity index (χ0) is 12.7. The van der Waals surface area contributed by atoms with Gasteiger partial charge in [-0.2, -0.15) is 0 Å². The van der Waals surface area contributed by atoms with Crippen LogP contribution in [0, 0.1) is 0 Å². The van der Waals surface area contributed by atoms with Crippen LogP contribution in [0.3, 0.4) is 0 Å². The number of nitrogens with one attached hydrogen (secondary N) is 2. The number of carbonyl (C=O) groups is 1. The zero-order valence-electron chi connectivity index (χ0n) is 10.7. The highest BCUT2D eigenvalue weighted by Crippen LogP contribution is 2.07. The predicted molar refractivity (Wildman–Crippen MR) is 69.4 cm³/mol. The van der Waals surface area contributed by atoms with Gasteiger partial charge in [0.2, 0.25) is 0 Å². The van der Waals surface area contributed by atoms with Gasteiger partial charge in [0.25, 0.3) is 5.91 Å². The number of amides is 1. The molecule has 0 saturated heterocycles. The third-order valence-electron chi connectivity index (χ3n) is 2.31. The van der Waals surface area contributed by atoms with Gasteiger partial charge in [-0.25, -0.2) is 4.98 Å². The summed E-state index contributed by atoms with van der Waals surface area (Å²) in [6.07, 6.45) is 1.60. The van der Waals surface area contributed by atoms with Crippen molar-refractivity contribution in [2.75, 3.05) is 38.6 Å². The Balaban J connectivity index is 2.46. The van der Waals surface area contributed by atoms with Crippen molar-refractivity contribution in [3.63, 3.8) is 0 Å². The van der Waals surface area contributed by atoms with Crippen molar-refractivity contribution < 1.29 is 4.79 Å². The summed E-state index contributed by atoms with van der Waals surface area (Å²) in [4.78, 5) is 17.8. The smallest absolute Gasteiger partial charge is 0.252 e. The molecular weight excluding hydrogens is 216 g/mol. The largest absolute Gasteiger partial charge is 0.363 e. The highest BCUT2D eigenvalue weighted by atomic mass is 16.1. The Hall–Kier alpha value is -1.62. The Bertz CT molecular complexity index is 348. The molecule has 0 radical (unpaired) electrons. The van der Waals surface area contributed by atoms with E-state index in [0.29, 0.717) is 12.1 Å². The lowest BCUT2D eigenvalue weighted by Crippen LogP contribution is -2.31. The number of hydrogen-bond acceptors (Lipinski definition) is 4. The summed E-state index contributed by atoms with van der Waals surface area (Å²) in [5, 5.41) is 5.97. The second-order valence-corrected chi connectivity index (χ2v) is 3.91. The van der Waals surface area contributed by atoms with E-state index in [1.165, 1.54) is 0 Å². The number of likely N-dealkylation sites (N-methyl/N-ethyl adjacent to an activating group) is 1. The van der Waals surface area contributed by atoms with E-state index in [-0.39, 0.29) is 5.91 Å². The zero-order valence-corrected chi connectivity index (χ0v) is 10.7. The summed E-state index contributed by atoms with van der Waals surface area (Å²) in [5.74, 6) is 0.759. The SMILES string of the molecule is CCNCCNC(=O)c1ccc(N(C)C)nc1. The molecule has 0 saturated carbocycles. The lowest BCUT2D eigenvalue weighted by atomic mass is 10.2. The first-order valence-corrected chi connectivity index (χ1v) is 5.77. The average molecular weight is 236 g/mol. The number of aromatic nitrogens is 1. The van der Waals surface area contributed by atoms with Gasteiger partial charge < -0.3 is 15.5 Å². The van der Waals surface area contributed by atoms with E-state index in [1.807, 2.05) is 32.0 Å². The van der Waals surface area contributed by atoms with E-state index < -0.39 is 0 Å². The minimum absolute atomic E-state index is 0.0827. The van der Waals surface area contributed by atoms with E-state index in [9.17, 15) is 4.79 Å². The molecule has 0 bridgehead atoms. The summed E-state index contributed by atoms with van der Waals surface area (Å²) in [5.41, 5.74) is 0.590. The van der Waals surface area contributed by atoms with Gasteiger partial charge in [-0.15, -0.1) is 0 Å². The molecule has 0 atom stereocenters. The van der Waals surface area contributed by atoms with Gasteiger partial charge in [-0.3, -0.25) is 4.79 Å². The van der Waals surface area contributed by atoms with Crippen molar-refractivity contribution in [2.45, 2.75) is 6.92 Å². The van der Waals surface area contributed by atoms with Gasteiger partial charge in [0.15, 0.2) is 0 Å². The highest BCUT2D eigenvalue weighted by Gasteiger charge is 2.05. The van der Waals surface area contributed by atoms with Crippen LogP contribution in [0.4, 0.5) is 5.82 Å². The molecule has 5 heteroatoms. The molecule has 0 fully saturated rings. The van der Waals surface area contributed by atoms with Crippen LogP contribution in [0.1, 0.15) is 17.3 Å². The minimum Gasteiger partial charge on any atom is -0.363 e. The predicted octanol–water partition coefficient (Wildman–Crippen LogP) is 0.487. The van der Waals surface area contributed by atoms with Crippen LogP contribution in [-0.4, -0.2) is 44.6 Å². The number of pyridine rings is 1. The van der Waals surface area contributed by atoms with Crippen LogP contribution < -0.4 is 15.5 Å². The maximum Gasteiger partial charge on any atom is 0.252 e. The standard InChI is InChI=1S/C12H20N4O/c1-4-13-7-8-14-12(17)10-5-6-11(15-9-10)16(2)3/h5-6,9,13H,4,7-8H2,1-3H3,(H,14,17). The second-order valence-electron chi connectivity index (χ2n) is 3.91. The summed E-state index contributed by atoms with van der Waals surface area (Å²) in [6.45, 7) is 4.36. The summed E-state index contributed by atoms with van der Waals surface area (Å²) < 4.78 is 0. The summed E-state index contributed by atoms with van der Waals surface area (Å²) >= 11 is 0. The first kappa shape index (κ1) is 13.4. The molecule has 94 valence electrons. The maximum absolute atomic E-state index is 11.7. The molecule has 0 aliphatic rings. The minimum atomic E-state index is -0.0827. The van der Waals surface area contributed by atoms with Crippen LogP contribution in [0.25, 0.3) is 0 Å².